The number of likely N-dealkylation sites (tertiary alicyclic amines) is 1. The van der Waals surface area contributed by atoms with E-state index < -0.39 is 0 Å². The molecule has 1 aliphatic heterocycles. The van der Waals surface area contributed by atoms with E-state index in [1.807, 2.05) is 24.6 Å². The predicted molar refractivity (Wildman–Crippen MR) is 103 cm³/mol. The Kier molecular flexibility index (Phi) is 5.68. The molecular formula is C19H24N4O2S. The van der Waals surface area contributed by atoms with Crippen molar-refractivity contribution < 1.29 is 9.59 Å². The average molecular weight is 372 g/mol. The zero-order valence-corrected chi connectivity index (χ0v) is 15.9. The highest BCUT2D eigenvalue weighted by atomic mass is 32.1. The van der Waals surface area contributed by atoms with E-state index in [0.29, 0.717) is 6.42 Å². The number of nitrogens with one attached hydrogen (secondary N) is 1. The molecule has 0 radical (unpaired) electrons. The van der Waals surface area contributed by atoms with Gasteiger partial charge in [0.1, 0.15) is 0 Å². The van der Waals surface area contributed by atoms with Crippen LogP contribution in [0, 0.1) is 6.92 Å². The van der Waals surface area contributed by atoms with Gasteiger partial charge in [-0.1, -0.05) is 24.3 Å². The molecule has 2 amide bonds. The Labute approximate surface area is 157 Å². The maximum atomic E-state index is 12.1. The van der Waals surface area contributed by atoms with E-state index in [0.717, 1.165) is 41.1 Å². The molecule has 26 heavy (non-hydrogen) atoms. The largest absolute Gasteiger partial charge is 0.368 e. The summed E-state index contributed by atoms with van der Waals surface area (Å²) in [6.07, 6.45) is 1.97. The second-order valence-electron chi connectivity index (χ2n) is 6.58. The highest BCUT2D eigenvalue weighted by Crippen LogP contribution is 2.34. The monoisotopic (exact) mass is 372 g/mol. The number of amides is 2. The standard InChI is InChI=1S/C19H24N4O2S/c1-12-18(26-11-22-12)14-7-5-13(6-8-14)16(10-17(24)21-2)23-9-3-4-15(23)19(20)25/h5-8,11,15-16H,3-4,9-10H2,1-2H3,(H2,20,25)(H,21,24)/t15?,16-/m0/s1. The summed E-state index contributed by atoms with van der Waals surface area (Å²) in [5.74, 6) is -0.367. The number of nitrogens with zero attached hydrogens (tertiary/aromatic N) is 2. The fraction of sp³-hybridized carbons (Fsp3) is 0.421. The summed E-state index contributed by atoms with van der Waals surface area (Å²) in [4.78, 5) is 31.4. The predicted octanol–water partition coefficient (Wildman–Crippen LogP) is 2.25. The van der Waals surface area contributed by atoms with Crippen molar-refractivity contribution in [2.24, 2.45) is 5.73 Å². The van der Waals surface area contributed by atoms with Gasteiger partial charge in [-0.05, 0) is 37.4 Å². The molecule has 1 aromatic carbocycles. The van der Waals surface area contributed by atoms with E-state index in [-0.39, 0.29) is 23.9 Å². The van der Waals surface area contributed by atoms with E-state index >= 15 is 0 Å². The van der Waals surface area contributed by atoms with Crippen molar-refractivity contribution >= 4 is 23.2 Å². The molecule has 1 unspecified atom stereocenters. The van der Waals surface area contributed by atoms with Crippen LogP contribution in [0.5, 0.6) is 0 Å². The zero-order chi connectivity index (χ0) is 18.7. The van der Waals surface area contributed by atoms with E-state index in [2.05, 4.69) is 27.3 Å². The van der Waals surface area contributed by atoms with Crippen LogP contribution in [0.3, 0.4) is 0 Å². The van der Waals surface area contributed by atoms with Crippen LogP contribution in [0.25, 0.3) is 10.4 Å². The lowest BCUT2D eigenvalue weighted by atomic mass is 9.98. The molecule has 138 valence electrons. The zero-order valence-electron chi connectivity index (χ0n) is 15.1. The Balaban J connectivity index is 1.90. The van der Waals surface area contributed by atoms with E-state index in [9.17, 15) is 9.59 Å². The van der Waals surface area contributed by atoms with Gasteiger partial charge in [-0.15, -0.1) is 11.3 Å². The van der Waals surface area contributed by atoms with Gasteiger partial charge in [0.05, 0.1) is 22.1 Å². The lowest BCUT2D eigenvalue weighted by molar-refractivity contribution is -0.126. The number of hydrogen-bond acceptors (Lipinski definition) is 5. The molecule has 0 spiro atoms. The molecular weight excluding hydrogens is 348 g/mol. The first kappa shape index (κ1) is 18.5. The third-order valence-electron chi connectivity index (χ3n) is 4.98. The number of primary amides is 1. The van der Waals surface area contributed by atoms with Gasteiger partial charge in [0.25, 0.3) is 0 Å². The Morgan fingerprint density at radius 3 is 2.69 bits per heavy atom. The van der Waals surface area contributed by atoms with Crippen LogP contribution in [0.15, 0.2) is 29.8 Å². The SMILES string of the molecule is CNC(=O)C[C@@H](c1ccc(-c2scnc2C)cc1)N1CCCC1C(N)=O. The maximum Gasteiger partial charge on any atom is 0.234 e. The highest BCUT2D eigenvalue weighted by molar-refractivity contribution is 7.13. The normalized spacial score (nSPS) is 18.6. The van der Waals surface area contributed by atoms with Crippen molar-refractivity contribution in [2.45, 2.75) is 38.3 Å². The molecule has 1 fully saturated rings. The summed E-state index contributed by atoms with van der Waals surface area (Å²) < 4.78 is 0. The Bertz CT molecular complexity index is 787. The molecule has 0 bridgehead atoms. The van der Waals surface area contributed by atoms with Gasteiger partial charge in [-0.3, -0.25) is 14.5 Å². The Morgan fingerprint density at radius 2 is 2.12 bits per heavy atom. The smallest absolute Gasteiger partial charge is 0.234 e. The second-order valence-corrected chi connectivity index (χ2v) is 7.43. The number of thiazole rings is 1. The van der Waals surface area contributed by atoms with Gasteiger partial charge in [0.2, 0.25) is 11.8 Å². The number of aryl methyl sites for hydroxylation is 1. The van der Waals surface area contributed by atoms with Crippen LogP contribution >= 0.6 is 11.3 Å². The molecule has 2 aromatic rings. The van der Waals surface area contributed by atoms with Crippen LogP contribution in [-0.4, -0.2) is 41.3 Å². The summed E-state index contributed by atoms with van der Waals surface area (Å²) in [7, 11) is 1.63. The fourth-order valence-corrected chi connectivity index (χ4v) is 4.42. The van der Waals surface area contributed by atoms with Gasteiger partial charge < -0.3 is 11.1 Å². The van der Waals surface area contributed by atoms with Crippen LogP contribution in [-0.2, 0) is 9.59 Å². The molecule has 7 heteroatoms. The molecule has 1 saturated heterocycles. The average Bonchev–Trinajstić information content (AvgIpc) is 3.28. The van der Waals surface area contributed by atoms with Gasteiger partial charge in [0, 0.05) is 19.5 Å². The van der Waals surface area contributed by atoms with E-state index in [1.54, 1.807) is 18.4 Å². The number of hydrogen-bond donors (Lipinski definition) is 2. The number of rotatable bonds is 6. The van der Waals surface area contributed by atoms with Crippen molar-refractivity contribution in [3.05, 3.63) is 41.0 Å². The molecule has 3 N–H and O–H groups in total. The molecule has 2 heterocycles. The van der Waals surface area contributed by atoms with Gasteiger partial charge in [-0.25, -0.2) is 4.98 Å². The minimum atomic E-state index is -0.318. The van der Waals surface area contributed by atoms with Crippen molar-refractivity contribution in [1.82, 2.24) is 15.2 Å². The number of carbonyl (C=O) groups excluding carboxylic acids is 2. The molecule has 1 aliphatic rings. The van der Waals surface area contributed by atoms with Crippen LogP contribution in [0.1, 0.15) is 36.6 Å². The molecule has 2 atom stereocenters. The lowest BCUT2D eigenvalue weighted by Gasteiger charge is -2.31. The maximum absolute atomic E-state index is 12.1. The number of aromatic nitrogens is 1. The molecule has 1 aromatic heterocycles. The summed E-state index contributed by atoms with van der Waals surface area (Å²) in [6.45, 7) is 2.76. The highest BCUT2D eigenvalue weighted by Gasteiger charge is 2.35. The van der Waals surface area contributed by atoms with Gasteiger partial charge in [-0.2, -0.15) is 0 Å². The van der Waals surface area contributed by atoms with Crippen LogP contribution in [0.4, 0.5) is 0 Å². The minimum absolute atomic E-state index is 0.0486. The Morgan fingerprint density at radius 1 is 1.38 bits per heavy atom. The molecule has 0 aliphatic carbocycles. The molecule has 0 saturated carbocycles. The van der Waals surface area contributed by atoms with E-state index in [1.165, 1.54) is 0 Å². The quantitative estimate of drug-likeness (QED) is 0.814. The third kappa shape index (κ3) is 3.78. The molecule has 3 rings (SSSR count). The summed E-state index contributed by atoms with van der Waals surface area (Å²) in [5, 5.41) is 2.69. The van der Waals surface area contributed by atoms with Crippen LogP contribution < -0.4 is 11.1 Å². The number of benzene rings is 1. The van der Waals surface area contributed by atoms with Gasteiger partial charge in [0.15, 0.2) is 0 Å². The fourth-order valence-electron chi connectivity index (χ4n) is 3.61. The van der Waals surface area contributed by atoms with E-state index in [4.69, 9.17) is 5.73 Å². The van der Waals surface area contributed by atoms with Gasteiger partial charge >= 0.3 is 0 Å². The first-order chi connectivity index (χ1) is 12.5. The Hall–Kier alpha value is -2.25. The number of nitrogens with two attached hydrogens (primary N) is 1. The van der Waals surface area contributed by atoms with Crippen molar-refractivity contribution in [3.8, 4) is 10.4 Å². The minimum Gasteiger partial charge on any atom is -0.368 e. The number of carbonyl (C=O) groups is 2. The topological polar surface area (TPSA) is 88.3 Å². The van der Waals surface area contributed by atoms with Crippen molar-refractivity contribution in [1.29, 1.82) is 0 Å². The lowest BCUT2D eigenvalue weighted by Crippen LogP contribution is -2.43. The second kappa shape index (κ2) is 7.97. The first-order valence-electron chi connectivity index (χ1n) is 8.77. The molecule has 6 nitrogen and oxygen atoms in total. The third-order valence-corrected chi connectivity index (χ3v) is 5.96. The summed E-state index contributed by atoms with van der Waals surface area (Å²) in [6, 6.07) is 7.72. The first-order valence-corrected chi connectivity index (χ1v) is 9.65. The summed E-state index contributed by atoms with van der Waals surface area (Å²) in [5.41, 5.74) is 10.6. The van der Waals surface area contributed by atoms with Crippen molar-refractivity contribution in [3.63, 3.8) is 0 Å². The van der Waals surface area contributed by atoms with Crippen LogP contribution in [0.2, 0.25) is 0 Å². The van der Waals surface area contributed by atoms with Crippen molar-refractivity contribution in [2.75, 3.05) is 13.6 Å². The summed E-state index contributed by atoms with van der Waals surface area (Å²) >= 11 is 1.61.